The molecule has 0 aromatic carbocycles. The minimum Gasteiger partial charge on any atom is -0.328 e. The molecule has 0 atom stereocenters. The normalized spacial score (nSPS) is 16.4. The summed E-state index contributed by atoms with van der Waals surface area (Å²) >= 11 is 5.22. The number of fused-ring (bicyclic) bond motifs is 1. The van der Waals surface area contributed by atoms with Crippen molar-refractivity contribution in [1.29, 1.82) is 0 Å². The van der Waals surface area contributed by atoms with E-state index in [-0.39, 0.29) is 0 Å². The Morgan fingerprint density at radius 1 is 1.57 bits per heavy atom. The molecule has 1 fully saturated rings. The van der Waals surface area contributed by atoms with Gasteiger partial charge in [0, 0.05) is 13.0 Å². The number of nitrogens with zero attached hydrogens (tertiary/aromatic N) is 3. The second-order valence-corrected chi connectivity index (χ2v) is 4.12. The predicted molar refractivity (Wildman–Crippen MR) is 55.7 cm³/mol. The van der Waals surface area contributed by atoms with E-state index in [1.807, 2.05) is 7.05 Å². The molecule has 0 aliphatic heterocycles. The molecule has 1 aliphatic carbocycles. The van der Waals surface area contributed by atoms with Gasteiger partial charge in [0.2, 0.25) is 0 Å². The Morgan fingerprint density at radius 3 is 3.07 bits per heavy atom. The number of aromatic amines is 1. The summed E-state index contributed by atoms with van der Waals surface area (Å²) in [5.74, 6) is 1.61. The quantitative estimate of drug-likeness (QED) is 0.725. The van der Waals surface area contributed by atoms with Crippen molar-refractivity contribution in [2.45, 2.75) is 18.8 Å². The van der Waals surface area contributed by atoms with Crippen molar-refractivity contribution in [3.05, 3.63) is 16.7 Å². The maximum atomic E-state index is 5.22. The number of aryl methyl sites for hydroxylation is 1. The fourth-order valence-corrected chi connectivity index (χ4v) is 1.86. The topological polar surface area (TPSA) is 46.5 Å². The van der Waals surface area contributed by atoms with E-state index < -0.39 is 0 Å². The van der Waals surface area contributed by atoms with Gasteiger partial charge in [0.15, 0.2) is 0 Å². The molecule has 0 bridgehead atoms. The summed E-state index contributed by atoms with van der Waals surface area (Å²) in [6.45, 7) is 0. The highest BCUT2D eigenvalue weighted by atomic mass is 32.1. The zero-order valence-electron chi connectivity index (χ0n) is 7.82. The summed E-state index contributed by atoms with van der Waals surface area (Å²) in [4.78, 5) is 7.68. The molecule has 2 aromatic rings. The molecule has 1 saturated carbocycles. The first-order chi connectivity index (χ1) is 6.75. The fraction of sp³-hybridized carbons (Fsp3) is 0.444. The number of H-pyrrole nitrogens is 1. The number of hydrogen-bond donors (Lipinski definition) is 1. The Labute approximate surface area is 86.0 Å². The molecule has 14 heavy (non-hydrogen) atoms. The molecule has 0 spiro atoms. The summed E-state index contributed by atoms with van der Waals surface area (Å²) in [6.07, 6.45) is 4.21. The van der Waals surface area contributed by atoms with Crippen LogP contribution in [0.3, 0.4) is 0 Å². The molecule has 2 aromatic heterocycles. The molecule has 1 N–H and O–H groups in total. The van der Waals surface area contributed by atoms with Gasteiger partial charge in [0.25, 0.3) is 0 Å². The fourth-order valence-electron chi connectivity index (χ4n) is 1.61. The van der Waals surface area contributed by atoms with Gasteiger partial charge < -0.3 is 4.98 Å². The monoisotopic (exact) mass is 206 g/mol. The van der Waals surface area contributed by atoms with E-state index in [2.05, 4.69) is 15.1 Å². The molecule has 72 valence electrons. The molecular weight excluding hydrogens is 196 g/mol. The number of nitrogens with one attached hydrogen (secondary N) is 1. The minimum absolute atomic E-state index is 0.594. The van der Waals surface area contributed by atoms with E-state index in [1.54, 1.807) is 10.9 Å². The van der Waals surface area contributed by atoms with Crippen LogP contribution in [-0.4, -0.2) is 19.7 Å². The minimum atomic E-state index is 0.594. The van der Waals surface area contributed by atoms with E-state index >= 15 is 0 Å². The van der Waals surface area contributed by atoms with E-state index in [4.69, 9.17) is 12.2 Å². The molecule has 0 saturated heterocycles. The predicted octanol–water partition coefficient (Wildman–Crippen LogP) is 1.90. The first-order valence-electron chi connectivity index (χ1n) is 4.67. The molecular formula is C9H10N4S. The van der Waals surface area contributed by atoms with Gasteiger partial charge in [-0.25, -0.2) is 4.98 Å². The first kappa shape index (κ1) is 8.11. The first-order valence-corrected chi connectivity index (χ1v) is 5.08. The van der Waals surface area contributed by atoms with Gasteiger partial charge in [-0.2, -0.15) is 5.10 Å². The molecule has 4 nitrogen and oxygen atoms in total. The van der Waals surface area contributed by atoms with Gasteiger partial charge in [-0.3, -0.25) is 4.68 Å². The third-order valence-corrected chi connectivity index (χ3v) is 2.91. The number of rotatable bonds is 1. The second kappa shape index (κ2) is 2.63. The summed E-state index contributed by atoms with van der Waals surface area (Å²) in [7, 11) is 1.91. The Bertz CT molecular complexity index is 549. The third kappa shape index (κ3) is 1.09. The van der Waals surface area contributed by atoms with Crippen LogP contribution in [0.4, 0.5) is 0 Å². The largest absolute Gasteiger partial charge is 0.328 e. The van der Waals surface area contributed by atoms with E-state index in [0.29, 0.717) is 10.6 Å². The van der Waals surface area contributed by atoms with Gasteiger partial charge in [-0.1, -0.05) is 12.2 Å². The molecule has 5 heteroatoms. The van der Waals surface area contributed by atoms with Crippen molar-refractivity contribution in [1.82, 2.24) is 19.7 Å². The highest BCUT2D eigenvalue weighted by Gasteiger charge is 2.26. The Balaban J connectivity index is 2.36. The zero-order valence-corrected chi connectivity index (χ0v) is 8.64. The van der Waals surface area contributed by atoms with Crippen LogP contribution in [0.15, 0.2) is 6.20 Å². The van der Waals surface area contributed by atoms with E-state index in [0.717, 1.165) is 16.9 Å². The van der Waals surface area contributed by atoms with Crippen molar-refractivity contribution in [3.63, 3.8) is 0 Å². The average molecular weight is 206 g/mol. The van der Waals surface area contributed by atoms with Gasteiger partial charge in [-0.15, -0.1) is 0 Å². The maximum absolute atomic E-state index is 5.22. The van der Waals surface area contributed by atoms with Crippen LogP contribution in [0.2, 0.25) is 0 Å². The third-order valence-electron chi connectivity index (χ3n) is 2.60. The molecule has 1 aliphatic rings. The van der Waals surface area contributed by atoms with Gasteiger partial charge in [0.05, 0.1) is 11.6 Å². The van der Waals surface area contributed by atoms with Crippen molar-refractivity contribution < 1.29 is 0 Å². The highest BCUT2D eigenvalue weighted by molar-refractivity contribution is 7.71. The number of aromatic nitrogens is 4. The average Bonchev–Trinajstić information content (AvgIpc) is 2.93. The lowest BCUT2D eigenvalue weighted by Gasteiger charge is -1.99. The van der Waals surface area contributed by atoms with Crippen LogP contribution in [0.5, 0.6) is 0 Å². The molecule has 0 radical (unpaired) electrons. The van der Waals surface area contributed by atoms with Crippen LogP contribution in [-0.2, 0) is 7.05 Å². The van der Waals surface area contributed by atoms with Crippen LogP contribution >= 0.6 is 12.2 Å². The molecule has 0 amide bonds. The Hall–Kier alpha value is -1.23. The Kier molecular flexibility index (Phi) is 1.53. The number of hydrogen-bond acceptors (Lipinski definition) is 3. The Morgan fingerprint density at radius 2 is 2.36 bits per heavy atom. The lowest BCUT2D eigenvalue weighted by Crippen LogP contribution is -1.97. The summed E-state index contributed by atoms with van der Waals surface area (Å²) in [6, 6.07) is 0. The lowest BCUT2D eigenvalue weighted by atomic mass is 10.3. The van der Waals surface area contributed by atoms with Crippen LogP contribution in [0, 0.1) is 4.64 Å². The van der Waals surface area contributed by atoms with Crippen LogP contribution in [0.25, 0.3) is 11.0 Å². The molecule has 2 heterocycles. The maximum Gasteiger partial charge on any atom is 0.140 e. The van der Waals surface area contributed by atoms with Crippen molar-refractivity contribution in [3.8, 4) is 0 Å². The second-order valence-electron chi connectivity index (χ2n) is 3.73. The van der Waals surface area contributed by atoms with Crippen LogP contribution in [0.1, 0.15) is 24.6 Å². The summed E-state index contributed by atoms with van der Waals surface area (Å²) < 4.78 is 2.47. The van der Waals surface area contributed by atoms with Gasteiger partial charge in [0.1, 0.15) is 16.1 Å². The summed E-state index contributed by atoms with van der Waals surface area (Å²) in [5.41, 5.74) is 0.979. The van der Waals surface area contributed by atoms with Gasteiger partial charge >= 0.3 is 0 Å². The molecule has 3 rings (SSSR count). The van der Waals surface area contributed by atoms with Crippen molar-refractivity contribution in [2.24, 2.45) is 7.05 Å². The van der Waals surface area contributed by atoms with Crippen molar-refractivity contribution >= 4 is 23.3 Å². The van der Waals surface area contributed by atoms with E-state index in [9.17, 15) is 0 Å². The van der Waals surface area contributed by atoms with E-state index in [1.165, 1.54) is 12.8 Å². The highest BCUT2D eigenvalue weighted by Crippen LogP contribution is 2.38. The van der Waals surface area contributed by atoms with Gasteiger partial charge in [-0.05, 0) is 12.8 Å². The lowest BCUT2D eigenvalue weighted by molar-refractivity contribution is 0.778. The standard InChI is InChI=1S/C9H10N4S/c1-13-8-6(4-10-13)9(14)12-7(11-8)5-2-3-5/h4-5H,2-3H2,1H3,(H,11,12,14). The zero-order chi connectivity index (χ0) is 9.71. The smallest absolute Gasteiger partial charge is 0.140 e. The molecule has 0 unspecified atom stereocenters. The van der Waals surface area contributed by atoms with Crippen LogP contribution < -0.4 is 0 Å². The van der Waals surface area contributed by atoms with Crippen molar-refractivity contribution in [2.75, 3.05) is 0 Å². The SMILES string of the molecule is Cn1ncc2c(=S)nc(C3CC3)[nH]c21. The summed E-state index contributed by atoms with van der Waals surface area (Å²) in [5, 5.41) is 5.09.